The summed E-state index contributed by atoms with van der Waals surface area (Å²) in [5.41, 5.74) is 2.45. The molecule has 0 bridgehead atoms. The van der Waals surface area contributed by atoms with E-state index < -0.39 is 0 Å². The Hall–Kier alpha value is -2.44. The fraction of sp³-hybridized carbons (Fsp3) is 0.458. The van der Waals surface area contributed by atoms with Gasteiger partial charge >= 0.3 is 6.03 Å². The van der Waals surface area contributed by atoms with Crippen molar-refractivity contribution in [2.75, 3.05) is 39.3 Å². The SMILES string of the molecule is O=C(NC1CCN(Cc2ccc(F)cc2)CC1)N1CCN(Cc2ccccc2)CC1. The molecule has 2 aromatic carbocycles. The van der Waals surface area contributed by atoms with Crippen molar-refractivity contribution >= 4 is 6.03 Å². The number of piperazine rings is 1. The maximum atomic E-state index is 13.1. The highest BCUT2D eigenvalue weighted by Crippen LogP contribution is 2.15. The van der Waals surface area contributed by atoms with Crippen LogP contribution in [-0.4, -0.2) is 66.0 Å². The van der Waals surface area contributed by atoms with Gasteiger partial charge in [0.1, 0.15) is 5.82 Å². The van der Waals surface area contributed by atoms with Crippen LogP contribution >= 0.6 is 0 Å². The second-order valence-corrected chi connectivity index (χ2v) is 8.38. The van der Waals surface area contributed by atoms with E-state index in [1.807, 2.05) is 23.1 Å². The Morgan fingerprint density at radius 3 is 2.00 bits per heavy atom. The molecular weight excluding hydrogens is 379 g/mol. The van der Waals surface area contributed by atoms with Gasteiger partial charge in [-0.05, 0) is 36.1 Å². The predicted octanol–water partition coefficient (Wildman–Crippen LogP) is 3.32. The molecule has 2 amide bonds. The van der Waals surface area contributed by atoms with Crippen molar-refractivity contribution in [3.8, 4) is 0 Å². The lowest BCUT2D eigenvalue weighted by molar-refractivity contribution is 0.127. The van der Waals surface area contributed by atoms with Crippen molar-refractivity contribution in [3.63, 3.8) is 0 Å². The van der Waals surface area contributed by atoms with Crippen LogP contribution in [0.3, 0.4) is 0 Å². The van der Waals surface area contributed by atoms with Gasteiger partial charge in [0.25, 0.3) is 0 Å². The highest BCUT2D eigenvalue weighted by Gasteiger charge is 2.25. The highest BCUT2D eigenvalue weighted by molar-refractivity contribution is 5.74. The number of amides is 2. The predicted molar refractivity (Wildman–Crippen MR) is 117 cm³/mol. The summed E-state index contributed by atoms with van der Waals surface area (Å²) in [6, 6.07) is 17.5. The van der Waals surface area contributed by atoms with E-state index in [9.17, 15) is 9.18 Å². The van der Waals surface area contributed by atoms with E-state index in [4.69, 9.17) is 0 Å². The topological polar surface area (TPSA) is 38.8 Å². The van der Waals surface area contributed by atoms with Gasteiger partial charge in [-0.1, -0.05) is 42.5 Å². The van der Waals surface area contributed by atoms with Crippen LogP contribution in [0.2, 0.25) is 0 Å². The van der Waals surface area contributed by atoms with Crippen molar-refractivity contribution in [1.29, 1.82) is 0 Å². The summed E-state index contributed by atoms with van der Waals surface area (Å²) >= 11 is 0. The van der Waals surface area contributed by atoms with Gasteiger partial charge in [0.2, 0.25) is 0 Å². The van der Waals surface area contributed by atoms with Crippen LogP contribution in [0.1, 0.15) is 24.0 Å². The Labute approximate surface area is 178 Å². The Morgan fingerprint density at radius 1 is 0.800 bits per heavy atom. The van der Waals surface area contributed by atoms with Gasteiger partial charge in [0.15, 0.2) is 0 Å². The van der Waals surface area contributed by atoms with Crippen LogP contribution in [0.25, 0.3) is 0 Å². The number of nitrogens with zero attached hydrogens (tertiary/aromatic N) is 3. The molecule has 160 valence electrons. The van der Waals surface area contributed by atoms with Gasteiger partial charge in [-0.15, -0.1) is 0 Å². The van der Waals surface area contributed by atoms with Crippen molar-refractivity contribution in [3.05, 3.63) is 71.5 Å². The van der Waals surface area contributed by atoms with E-state index in [2.05, 4.69) is 39.4 Å². The van der Waals surface area contributed by atoms with E-state index in [1.54, 1.807) is 0 Å². The average Bonchev–Trinajstić information content (AvgIpc) is 2.78. The number of benzene rings is 2. The van der Waals surface area contributed by atoms with Crippen LogP contribution in [0, 0.1) is 5.82 Å². The first kappa shape index (κ1) is 20.8. The number of carbonyl (C=O) groups excluding carboxylic acids is 1. The molecule has 0 unspecified atom stereocenters. The number of halogens is 1. The molecule has 30 heavy (non-hydrogen) atoms. The minimum absolute atomic E-state index is 0.0753. The van der Waals surface area contributed by atoms with Gasteiger partial charge in [-0.3, -0.25) is 9.80 Å². The normalized spacial score (nSPS) is 19.0. The summed E-state index contributed by atoms with van der Waals surface area (Å²) in [5, 5.41) is 3.24. The molecule has 0 saturated carbocycles. The smallest absolute Gasteiger partial charge is 0.317 e. The Bertz CT molecular complexity index is 798. The van der Waals surface area contributed by atoms with Crippen LogP contribution in [0.15, 0.2) is 54.6 Å². The fourth-order valence-corrected chi connectivity index (χ4v) is 4.30. The first-order valence-corrected chi connectivity index (χ1v) is 10.9. The van der Waals surface area contributed by atoms with Crippen molar-refractivity contribution < 1.29 is 9.18 Å². The summed E-state index contributed by atoms with van der Waals surface area (Å²) in [5.74, 6) is -0.193. The summed E-state index contributed by atoms with van der Waals surface area (Å²) < 4.78 is 13.1. The lowest BCUT2D eigenvalue weighted by Gasteiger charge is -2.37. The monoisotopic (exact) mass is 410 g/mol. The van der Waals surface area contributed by atoms with Crippen LogP contribution < -0.4 is 5.32 Å². The number of urea groups is 1. The lowest BCUT2D eigenvalue weighted by Crippen LogP contribution is -2.54. The standard InChI is InChI=1S/C24H31FN4O/c25-22-8-6-21(7-9-22)19-27-12-10-23(11-13-27)26-24(30)29-16-14-28(15-17-29)18-20-4-2-1-3-5-20/h1-9,23H,10-19H2,(H,26,30). The van der Waals surface area contributed by atoms with E-state index in [1.165, 1.54) is 17.7 Å². The molecule has 0 aromatic heterocycles. The van der Waals surface area contributed by atoms with Gasteiger partial charge in [-0.2, -0.15) is 0 Å². The van der Waals surface area contributed by atoms with Crippen molar-refractivity contribution in [2.45, 2.75) is 32.0 Å². The Balaban J connectivity index is 1.16. The summed E-state index contributed by atoms with van der Waals surface area (Å²) in [6.07, 6.45) is 1.92. The fourth-order valence-electron chi connectivity index (χ4n) is 4.30. The highest BCUT2D eigenvalue weighted by atomic mass is 19.1. The van der Waals surface area contributed by atoms with Crippen molar-refractivity contribution in [2.24, 2.45) is 0 Å². The molecule has 6 heteroatoms. The van der Waals surface area contributed by atoms with E-state index >= 15 is 0 Å². The number of nitrogens with one attached hydrogen (secondary N) is 1. The number of likely N-dealkylation sites (tertiary alicyclic amines) is 1. The van der Waals surface area contributed by atoms with E-state index in [0.29, 0.717) is 0 Å². The second kappa shape index (κ2) is 10.0. The third-order valence-electron chi connectivity index (χ3n) is 6.14. The van der Waals surface area contributed by atoms with Gasteiger partial charge in [-0.25, -0.2) is 9.18 Å². The Morgan fingerprint density at radius 2 is 1.37 bits per heavy atom. The molecule has 0 spiro atoms. The molecule has 0 radical (unpaired) electrons. The quantitative estimate of drug-likeness (QED) is 0.822. The number of carbonyl (C=O) groups is 1. The first-order chi connectivity index (χ1) is 14.7. The molecule has 1 N–H and O–H groups in total. The molecule has 2 heterocycles. The maximum Gasteiger partial charge on any atom is 0.317 e. The van der Waals surface area contributed by atoms with Gasteiger partial charge < -0.3 is 10.2 Å². The number of rotatable bonds is 5. The van der Waals surface area contributed by atoms with E-state index in [0.717, 1.165) is 70.8 Å². The van der Waals surface area contributed by atoms with E-state index in [-0.39, 0.29) is 17.9 Å². The zero-order chi connectivity index (χ0) is 20.8. The zero-order valence-corrected chi connectivity index (χ0v) is 17.5. The molecule has 0 aliphatic carbocycles. The summed E-state index contributed by atoms with van der Waals surface area (Å²) in [7, 11) is 0. The number of hydrogen-bond donors (Lipinski definition) is 1. The number of piperidine rings is 1. The van der Waals surface area contributed by atoms with Crippen LogP contribution in [-0.2, 0) is 13.1 Å². The minimum Gasteiger partial charge on any atom is -0.335 e. The summed E-state index contributed by atoms with van der Waals surface area (Å²) in [4.78, 5) is 19.4. The molecule has 4 rings (SSSR count). The molecule has 2 saturated heterocycles. The largest absolute Gasteiger partial charge is 0.335 e. The molecule has 2 aliphatic rings. The number of hydrogen-bond acceptors (Lipinski definition) is 3. The molecular formula is C24H31FN4O. The van der Waals surface area contributed by atoms with Gasteiger partial charge in [0.05, 0.1) is 0 Å². The van der Waals surface area contributed by atoms with Gasteiger partial charge in [0, 0.05) is 58.4 Å². The minimum atomic E-state index is -0.193. The summed E-state index contributed by atoms with van der Waals surface area (Å²) in [6.45, 7) is 7.08. The maximum absolute atomic E-state index is 13.1. The first-order valence-electron chi connectivity index (χ1n) is 10.9. The molecule has 5 nitrogen and oxygen atoms in total. The molecule has 2 aromatic rings. The Kier molecular flexibility index (Phi) is 6.97. The van der Waals surface area contributed by atoms with Crippen LogP contribution in [0.5, 0.6) is 0 Å². The molecule has 0 atom stereocenters. The molecule has 2 fully saturated rings. The second-order valence-electron chi connectivity index (χ2n) is 8.38. The third kappa shape index (κ3) is 5.80. The van der Waals surface area contributed by atoms with Crippen molar-refractivity contribution in [1.82, 2.24) is 20.0 Å². The third-order valence-corrected chi connectivity index (χ3v) is 6.14. The van der Waals surface area contributed by atoms with Crippen LogP contribution in [0.4, 0.5) is 9.18 Å². The zero-order valence-electron chi connectivity index (χ0n) is 17.5. The average molecular weight is 411 g/mol. The molecule has 2 aliphatic heterocycles. The lowest BCUT2D eigenvalue weighted by atomic mass is 10.0.